The minimum Gasteiger partial charge on any atom is -0.462 e. The molecule has 0 N–H and O–H groups in total. The van der Waals surface area contributed by atoms with Gasteiger partial charge in [0.05, 0.1) is 11.3 Å². The van der Waals surface area contributed by atoms with Crippen LogP contribution in [0, 0.1) is 0 Å². The standard InChI is InChI=1S/C20H26Cl4N3O8P3/c1-7-17(28)32-9-15(11-34-19(30)13(3)4)36(21)25-37(22,27-38(23,24)26-36)16(10-33-18(29)8-2)12-35-20(31)14(5)6/h7-8,15-16H,1-3,5,9-12H2,4,6H3. The maximum atomic E-state index is 12.0. The first-order valence-corrected chi connectivity index (χ1v) is 19.3. The molecular weight excluding hydrogens is 645 g/mol. The molecule has 18 heteroatoms. The molecule has 0 aromatic carbocycles. The maximum absolute atomic E-state index is 12.0. The van der Waals surface area contributed by atoms with Crippen LogP contribution in [0.4, 0.5) is 0 Å². The smallest absolute Gasteiger partial charge is 0.333 e. The van der Waals surface area contributed by atoms with Crippen molar-refractivity contribution in [2.24, 2.45) is 13.5 Å². The summed E-state index contributed by atoms with van der Waals surface area (Å²) in [6.07, 6.45) is 1.83. The van der Waals surface area contributed by atoms with Crippen LogP contribution in [0.15, 0.2) is 63.2 Å². The lowest BCUT2D eigenvalue weighted by Crippen LogP contribution is -2.26. The zero-order valence-electron chi connectivity index (χ0n) is 20.4. The largest absolute Gasteiger partial charge is 0.462 e. The Labute approximate surface area is 240 Å². The molecule has 38 heavy (non-hydrogen) atoms. The summed E-state index contributed by atoms with van der Waals surface area (Å²) < 4.78 is 33.7. The maximum Gasteiger partial charge on any atom is 0.333 e. The Morgan fingerprint density at radius 2 is 1.03 bits per heavy atom. The first kappa shape index (κ1) is 34.7. The molecule has 0 aliphatic carbocycles. The summed E-state index contributed by atoms with van der Waals surface area (Å²) in [4.78, 5) is 47.6. The van der Waals surface area contributed by atoms with Crippen molar-refractivity contribution in [2.75, 3.05) is 26.4 Å². The van der Waals surface area contributed by atoms with E-state index in [1.165, 1.54) is 13.8 Å². The van der Waals surface area contributed by atoms with Crippen molar-refractivity contribution in [3.8, 4) is 0 Å². The highest BCUT2D eigenvalue weighted by Crippen LogP contribution is 2.87. The molecule has 212 valence electrons. The van der Waals surface area contributed by atoms with Gasteiger partial charge in [-0.2, -0.15) is 9.03 Å². The topological polar surface area (TPSA) is 142 Å². The number of carbonyl (C=O) groups is 4. The molecule has 0 amide bonds. The van der Waals surface area contributed by atoms with Crippen LogP contribution in [-0.4, -0.2) is 61.6 Å². The van der Waals surface area contributed by atoms with Crippen molar-refractivity contribution in [2.45, 2.75) is 25.2 Å². The van der Waals surface area contributed by atoms with Gasteiger partial charge in [-0.05, 0) is 36.3 Å². The van der Waals surface area contributed by atoms with Crippen molar-refractivity contribution in [3.05, 3.63) is 49.6 Å². The van der Waals surface area contributed by atoms with Gasteiger partial charge in [-0.15, -0.1) is 0 Å². The van der Waals surface area contributed by atoms with E-state index in [-0.39, 0.29) is 11.1 Å². The lowest BCUT2D eigenvalue weighted by atomic mass is 10.3. The van der Waals surface area contributed by atoms with Gasteiger partial charge in [0.25, 0.3) is 5.91 Å². The monoisotopic (exact) mass is 669 g/mol. The Morgan fingerprint density at radius 3 is 1.37 bits per heavy atom. The number of nitrogens with zero attached hydrogens (tertiary/aromatic N) is 3. The second-order valence-electron chi connectivity index (χ2n) is 7.60. The van der Waals surface area contributed by atoms with Gasteiger partial charge in [-0.25, -0.2) is 23.7 Å². The molecule has 0 aromatic rings. The Bertz CT molecular complexity index is 1150. The normalized spacial score (nSPS) is 23.0. The number of carbonyl (C=O) groups excluding carboxylic acids is 4. The van der Waals surface area contributed by atoms with Crippen molar-refractivity contribution in [3.63, 3.8) is 0 Å². The average molecular weight is 671 g/mol. The predicted octanol–water partition coefficient (Wildman–Crippen LogP) is 7.40. The number of rotatable bonds is 14. The first-order chi connectivity index (χ1) is 17.5. The number of esters is 4. The van der Waals surface area contributed by atoms with Crippen LogP contribution >= 0.6 is 64.0 Å². The summed E-state index contributed by atoms with van der Waals surface area (Å²) >= 11 is 26.6. The molecule has 11 nitrogen and oxygen atoms in total. The van der Waals surface area contributed by atoms with Crippen LogP contribution in [0.3, 0.4) is 0 Å². The zero-order valence-corrected chi connectivity index (χ0v) is 26.1. The third-order valence-corrected chi connectivity index (χ3v) is 19.0. The summed E-state index contributed by atoms with van der Waals surface area (Å²) in [5.74, 6) is -6.72. The molecule has 1 aliphatic rings. The second kappa shape index (κ2) is 14.9. The van der Waals surface area contributed by atoms with E-state index in [1.54, 1.807) is 0 Å². The van der Waals surface area contributed by atoms with E-state index in [0.29, 0.717) is 0 Å². The predicted molar refractivity (Wildman–Crippen MR) is 153 cm³/mol. The summed E-state index contributed by atoms with van der Waals surface area (Å²) in [7, 11) is 0. The summed E-state index contributed by atoms with van der Waals surface area (Å²) in [6, 6.07) is 0. The highest BCUT2D eigenvalue weighted by Gasteiger charge is 2.43. The Kier molecular flexibility index (Phi) is 13.6. The minimum absolute atomic E-state index is 0.0977. The molecule has 0 aromatic heterocycles. The quantitative estimate of drug-likeness (QED) is 0.0805. The van der Waals surface area contributed by atoms with Gasteiger partial charge in [0.1, 0.15) is 26.4 Å². The lowest BCUT2D eigenvalue weighted by Gasteiger charge is -2.33. The van der Waals surface area contributed by atoms with E-state index >= 15 is 0 Å². The van der Waals surface area contributed by atoms with Crippen molar-refractivity contribution >= 4 is 87.9 Å². The molecule has 0 radical (unpaired) electrons. The third kappa shape index (κ3) is 10.7. The second-order valence-corrected chi connectivity index (χ2v) is 20.7. The van der Waals surface area contributed by atoms with Gasteiger partial charge in [-0.1, -0.05) is 48.8 Å². The van der Waals surface area contributed by atoms with E-state index in [4.69, 9.17) is 63.9 Å². The van der Waals surface area contributed by atoms with Gasteiger partial charge in [0, 0.05) is 23.3 Å². The van der Waals surface area contributed by atoms with Crippen LogP contribution in [0.5, 0.6) is 0 Å². The highest BCUT2D eigenvalue weighted by molar-refractivity contribution is 8.18. The van der Waals surface area contributed by atoms with Gasteiger partial charge >= 0.3 is 23.9 Å². The average Bonchev–Trinajstić information content (AvgIpc) is 2.80. The van der Waals surface area contributed by atoms with Crippen LogP contribution in [0.2, 0.25) is 0 Å². The molecule has 4 atom stereocenters. The van der Waals surface area contributed by atoms with E-state index in [9.17, 15) is 19.2 Å². The zero-order chi connectivity index (χ0) is 29.3. The van der Waals surface area contributed by atoms with Gasteiger partial charge in [0.15, 0.2) is 13.1 Å². The SMILES string of the molecule is C=CC(=O)OCC(COC(=O)C(=C)C)P1(Cl)=NP(Cl)(Cl)=NP(Cl)(C(COC(=O)C=C)COC(=O)C(=C)C)=N1. The molecule has 0 spiro atoms. The van der Waals surface area contributed by atoms with Crippen LogP contribution in [0.25, 0.3) is 0 Å². The van der Waals surface area contributed by atoms with E-state index in [0.717, 1.165) is 12.2 Å². The Balaban J connectivity index is 3.63. The van der Waals surface area contributed by atoms with Gasteiger partial charge in [0.2, 0.25) is 0 Å². The van der Waals surface area contributed by atoms with Crippen LogP contribution < -0.4 is 0 Å². The minimum atomic E-state index is -3.65. The first-order valence-electron chi connectivity index (χ1n) is 10.4. The summed E-state index contributed by atoms with van der Waals surface area (Å²) in [5.41, 5.74) is -1.92. The van der Waals surface area contributed by atoms with Crippen molar-refractivity contribution < 1.29 is 38.1 Å². The molecule has 0 saturated heterocycles. The summed E-state index contributed by atoms with van der Waals surface area (Å²) in [6.45, 7) is 7.50. The molecule has 1 rings (SSSR count). The molecule has 0 fully saturated rings. The molecule has 1 aliphatic heterocycles. The fourth-order valence-corrected chi connectivity index (χ4v) is 20.5. The Morgan fingerprint density at radius 1 is 0.684 bits per heavy atom. The van der Waals surface area contributed by atoms with Crippen LogP contribution in [-0.2, 0) is 38.1 Å². The molecule has 0 saturated carbocycles. The fourth-order valence-electron chi connectivity index (χ4n) is 2.36. The number of ether oxygens (including phenoxy) is 4. The van der Waals surface area contributed by atoms with Gasteiger partial charge < -0.3 is 18.9 Å². The number of hydrogen-bond donors (Lipinski definition) is 0. The number of halogens is 4. The molecule has 0 bridgehead atoms. The number of hydrogen-bond acceptors (Lipinski definition) is 11. The van der Waals surface area contributed by atoms with Crippen molar-refractivity contribution in [1.29, 1.82) is 0 Å². The van der Waals surface area contributed by atoms with E-state index in [1.807, 2.05) is 0 Å². The van der Waals surface area contributed by atoms with Crippen molar-refractivity contribution in [1.82, 2.24) is 0 Å². The van der Waals surface area contributed by atoms with E-state index < -0.39 is 80.6 Å². The summed E-state index contributed by atoms with van der Waals surface area (Å²) in [5, 5.41) is 0. The fraction of sp³-hybridized carbons (Fsp3) is 0.400. The lowest BCUT2D eigenvalue weighted by molar-refractivity contribution is -0.142. The van der Waals surface area contributed by atoms with E-state index in [2.05, 4.69) is 39.9 Å². The third-order valence-electron chi connectivity index (χ3n) is 4.33. The molecular formula is C20H26Cl4N3O8P3. The molecule has 1 heterocycles. The van der Waals surface area contributed by atoms with Crippen LogP contribution in [0.1, 0.15) is 13.8 Å². The highest BCUT2D eigenvalue weighted by atomic mass is 35.9. The van der Waals surface area contributed by atoms with Gasteiger partial charge in [-0.3, -0.25) is 0 Å². The Hall–Kier alpha value is -1.31. The molecule has 4 unspecified atom stereocenters.